The number of rotatable bonds is 4. The van der Waals surface area contributed by atoms with Crippen LogP contribution in [0.3, 0.4) is 0 Å². The lowest BCUT2D eigenvalue weighted by Crippen LogP contribution is -2.24. The van der Waals surface area contributed by atoms with E-state index >= 15 is 0 Å². The fourth-order valence-corrected chi connectivity index (χ4v) is 2.28. The number of carbonyl (C=O) groups is 2. The zero-order chi connectivity index (χ0) is 15.6. The summed E-state index contributed by atoms with van der Waals surface area (Å²) in [7, 11) is 0. The van der Waals surface area contributed by atoms with Gasteiger partial charge in [-0.1, -0.05) is 0 Å². The van der Waals surface area contributed by atoms with Gasteiger partial charge in [0, 0.05) is 11.4 Å². The number of aromatic nitrogens is 1. The summed E-state index contributed by atoms with van der Waals surface area (Å²) in [6.07, 6.45) is 0. The zero-order valence-corrected chi connectivity index (χ0v) is 11.6. The summed E-state index contributed by atoms with van der Waals surface area (Å²) in [5.41, 5.74) is -0.235. The zero-order valence-electron chi connectivity index (χ0n) is 10.8. The lowest BCUT2D eigenvalue weighted by Gasteiger charge is -2.06. The van der Waals surface area contributed by atoms with Crippen LogP contribution < -0.4 is 5.32 Å². The molecule has 1 heterocycles. The predicted octanol–water partition coefficient (Wildman–Crippen LogP) is 2.36. The Labute approximate surface area is 122 Å². The number of carbonyl (C=O) groups excluding carboxylic acids is 1. The molecule has 110 valence electrons. The number of carboxylic acids is 1. The lowest BCUT2D eigenvalue weighted by molar-refractivity contribution is 0.0691. The highest BCUT2D eigenvalue weighted by atomic mass is 32.1. The third-order valence-electron chi connectivity index (χ3n) is 2.66. The first-order chi connectivity index (χ1) is 9.88. The average molecular weight is 312 g/mol. The molecule has 1 amide bonds. The van der Waals surface area contributed by atoms with Crippen molar-refractivity contribution in [3.63, 3.8) is 0 Å². The van der Waals surface area contributed by atoms with Gasteiger partial charge in [-0.3, -0.25) is 4.79 Å². The van der Waals surface area contributed by atoms with Crippen LogP contribution in [0.1, 0.15) is 31.4 Å². The number of hydrogen-bond donors (Lipinski definition) is 2. The van der Waals surface area contributed by atoms with E-state index < -0.39 is 23.5 Å². The van der Waals surface area contributed by atoms with E-state index in [1.807, 2.05) is 0 Å². The first kappa shape index (κ1) is 15.0. The van der Waals surface area contributed by atoms with E-state index in [1.54, 1.807) is 0 Å². The number of aromatic carboxylic acids is 1. The van der Waals surface area contributed by atoms with Crippen LogP contribution in [0.5, 0.6) is 0 Å². The number of nitrogens with one attached hydrogen (secondary N) is 1. The highest BCUT2D eigenvalue weighted by Gasteiger charge is 2.15. The molecule has 5 nitrogen and oxygen atoms in total. The lowest BCUT2D eigenvalue weighted by atomic mass is 10.1. The molecule has 0 spiro atoms. The third kappa shape index (κ3) is 3.40. The van der Waals surface area contributed by atoms with Crippen LogP contribution >= 0.6 is 11.3 Å². The summed E-state index contributed by atoms with van der Waals surface area (Å²) >= 11 is 1.06. The minimum absolute atomic E-state index is 0.0351. The van der Waals surface area contributed by atoms with Crippen molar-refractivity contribution in [1.29, 1.82) is 0 Å². The number of carboxylic acid groups (broad SMARTS) is 1. The van der Waals surface area contributed by atoms with E-state index in [9.17, 15) is 18.4 Å². The van der Waals surface area contributed by atoms with Crippen LogP contribution in [0, 0.1) is 18.6 Å². The van der Waals surface area contributed by atoms with Crippen LogP contribution in [0.25, 0.3) is 0 Å². The Morgan fingerprint density at radius 2 is 2.05 bits per heavy atom. The van der Waals surface area contributed by atoms with Crippen molar-refractivity contribution < 1.29 is 23.5 Å². The first-order valence-electron chi connectivity index (χ1n) is 5.80. The molecule has 1 aromatic heterocycles. The van der Waals surface area contributed by atoms with Gasteiger partial charge in [-0.2, -0.15) is 0 Å². The Bertz CT molecular complexity index is 715. The van der Waals surface area contributed by atoms with E-state index in [2.05, 4.69) is 10.3 Å². The molecule has 21 heavy (non-hydrogen) atoms. The summed E-state index contributed by atoms with van der Waals surface area (Å²) < 4.78 is 26.6. The first-order valence-corrected chi connectivity index (χ1v) is 6.68. The standard InChI is InChI=1S/C13H10F2N2O3S/c1-6-2-7(9(15)3-8(6)14)12(18)16-4-11-17-10(5-21-11)13(19)20/h2-3,5H,4H2,1H3,(H,16,18)(H,19,20). The molecule has 0 saturated heterocycles. The number of thiazole rings is 1. The maximum Gasteiger partial charge on any atom is 0.355 e. The Kier molecular flexibility index (Phi) is 4.27. The number of benzene rings is 1. The minimum Gasteiger partial charge on any atom is -0.476 e. The van der Waals surface area contributed by atoms with Crippen LogP contribution in [0.15, 0.2) is 17.5 Å². The van der Waals surface area contributed by atoms with Gasteiger partial charge in [0.2, 0.25) is 0 Å². The molecule has 0 fully saturated rings. The maximum atomic E-state index is 13.5. The van der Waals surface area contributed by atoms with E-state index in [1.165, 1.54) is 12.3 Å². The molecular weight excluding hydrogens is 302 g/mol. The van der Waals surface area contributed by atoms with Crippen molar-refractivity contribution in [2.75, 3.05) is 0 Å². The maximum absolute atomic E-state index is 13.5. The molecule has 0 radical (unpaired) electrons. The molecule has 0 aliphatic carbocycles. The molecule has 1 aromatic carbocycles. The Balaban J connectivity index is 2.08. The Morgan fingerprint density at radius 1 is 1.33 bits per heavy atom. The summed E-state index contributed by atoms with van der Waals surface area (Å²) in [6.45, 7) is 1.39. The topological polar surface area (TPSA) is 79.3 Å². The molecule has 2 aromatic rings. The normalized spacial score (nSPS) is 10.4. The smallest absolute Gasteiger partial charge is 0.355 e. The molecule has 0 aliphatic heterocycles. The molecule has 2 rings (SSSR count). The number of aryl methyl sites for hydroxylation is 1. The summed E-state index contributed by atoms with van der Waals surface area (Å²) in [6, 6.07) is 1.76. The number of nitrogens with zero attached hydrogens (tertiary/aromatic N) is 1. The van der Waals surface area contributed by atoms with E-state index in [-0.39, 0.29) is 23.4 Å². The van der Waals surface area contributed by atoms with Crippen LogP contribution in [0.2, 0.25) is 0 Å². The summed E-state index contributed by atoms with van der Waals surface area (Å²) in [4.78, 5) is 26.3. The van der Waals surface area contributed by atoms with Gasteiger partial charge in [0.05, 0.1) is 12.1 Å². The van der Waals surface area contributed by atoms with E-state index in [0.29, 0.717) is 11.1 Å². The second kappa shape index (κ2) is 5.96. The van der Waals surface area contributed by atoms with Gasteiger partial charge in [-0.15, -0.1) is 11.3 Å². The van der Waals surface area contributed by atoms with Gasteiger partial charge in [-0.25, -0.2) is 18.6 Å². The largest absolute Gasteiger partial charge is 0.476 e. The van der Waals surface area contributed by atoms with Gasteiger partial charge >= 0.3 is 5.97 Å². The van der Waals surface area contributed by atoms with E-state index in [4.69, 9.17) is 5.11 Å². The highest BCUT2D eigenvalue weighted by molar-refractivity contribution is 7.09. The molecule has 8 heteroatoms. The second-order valence-corrected chi connectivity index (χ2v) is 5.14. The third-order valence-corrected chi connectivity index (χ3v) is 3.51. The second-order valence-electron chi connectivity index (χ2n) is 4.20. The molecule has 0 atom stereocenters. The highest BCUT2D eigenvalue weighted by Crippen LogP contribution is 2.15. The number of amides is 1. The summed E-state index contributed by atoms with van der Waals surface area (Å²) in [5, 5.41) is 12.8. The SMILES string of the molecule is Cc1cc(C(=O)NCc2nc(C(=O)O)cs2)c(F)cc1F. The number of halogens is 2. The number of hydrogen-bond acceptors (Lipinski definition) is 4. The fraction of sp³-hybridized carbons (Fsp3) is 0.154. The van der Waals surface area contributed by atoms with Gasteiger partial charge in [0.25, 0.3) is 5.91 Å². The van der Waals surface area contributed by atoms with Gasteiger partial charge in [-0.05, 0) is 18.6 Å². The quantitative estimate of drug-likeness (QED) is 0.908. The van der Waals surface area contributed by atoms with Crippen molar-refractivity contribution in [1.82, 2.24) is 10.3 Å². The average Bonchev–Trinajstić information content (AvgIpc) is 2.89. The van der Waals surface area contributed by atoms with Crippen molar-refractivity contribution in [3.05, 3.63) is 51.0 Å². The molecule has 0 unspecified atom stereocenters. The predicted molar refractivity (Wildman–Crippen MR) is 71.3 cm³/mol. The van der Waals surface area contributed by atoms with Gasteiger partial charge in [0.15, 0.2) is 5.69 Å². The monoisotopic (exact) mass is 312 g/mol. The van der Waals surface area contributed by atoms with E-state index in [0.717, 1.165) is 17.4 Å². The van der Waals surface area contributed by atoms with Crippen molar-refractivity contribution >= 4 is 23.2 Å². The minimum atomic E-state index is -1.16. The Morgan fingerprint density at radius 3 is 2.67 bits per heavy atom. The van der Waals surface area contributed by atoms with Crippen molar-refractivity contribution in [2.45, 2.75) is 13.5 Å². The van der Waals surface area contributed by atoms with Crippen LogP contribution in [-0.2, 0) is 6.54 Å². The molecule has 2 N–H and O–H groups in total. The van der Waals surface area contributed by atoms with Gasteiger partial charge in [0.1, 0.15) is 16.6 Å². The van der Waals surface area contributed by atoms with Crippen molar-refractivity contribution in [3.8, 4) is 0 Å². The van der Waals surface area contributed by atoms with Crippen LogP contribution in [-0.4, -0.2) is 22.0 Å². The van der Waals surface area contributed by atoms with Crippen molar-refractivity contribution in [2.24, 2.45) is 0 Å². The molecule has 0 bridgehead atoms. The molecular formula is C13H10F2N2O3S. The molecule has 0 saturated carbocycles. The van der Waals surface area contributed by atoms with Gasteiger partial charge < -0.3 is 10.4 Å². The fourth-order valence-electron chi connectivity index (χ4n) is 1.57. The Hall–Kier alpha value is -2.35. The summed E-state index contributed by atoms with van der Waals surface area (Å²) in [5.74, 6) is -3.57. The molecule has 0 aliphatic rings. The van der Waals surface area contributed by atoms with Crippen LogP contribution in [0.4, 0.5) is 8.78 Å².